The highest BCUT2D eigenvalue weighted by Gasteiger charge is 2.30. The monoisotopic (exact) mass is 1410 g/mol. The molecule has 96 heavy (non-hydrogen) atoms. The molecule has 0 bridgehead atoms. The first-order valence-corrected chi connectivity index (χ1v) is 43.2. The van der Waals surface area contributed by atoms with E-state index in [1.807, 2.05) is 0 Å². The Morgan fingerprint density at radius 1 is 0.292 bits per heavy atom. The van der Waals surface area contributed by atoms with Crippen LogP contribution in [-0.2, 0) is 65.4 Å². The summed E-state index contributed by atoms with van der Waals surface area (Å²) in [5.41, 5.74) is 0. The Balaban J connectivity index is 5.20. The van der Waals surface area contributed by atoms with E-state index in [9.17, 15) is 43.2 Å². The molecule has 0 saturated carbocycles. The normalized spacial score (nSPS) is 14.2. The molecule has 0 saturated heterocycles. The predicted molar refractivity (Wildman–Crippen MR) is 391 cm³/mol. The minimum absolute atomic E-state index is 0.108. The molecule has 17 nitrogen and oxygen atoms in total. The fourth-order valence-corrected chi connectivity index (χ4v) is 13.4. The van der Waals surface area contributed by atoms with Crippen LogP contribution in [0, 0.1) is 5.92 Å². The van der Waals surface area contributed by atoms with Crippen molar-refractivity contribution in [1.29, 1.82) is 0 Å². The molecule has 6 atom stereocenters. The van der Waals surface area contributed by atoms with E-state index < -0.39 is 97.5 Å². The maximum atomic E-state index is 13.1. The number of carbonyl (C=O) groups excluding carboxylic acids is 4. The van der Waals surface area contributed by atoms with Gasteiger partial charge in [0.1, 0.15) is 19.3 Å². The van der Waals surface area contributed by atoms with Gasteiger partial charge in [-0.1, -0.05) is 356 Å². The number of aliphatic hydroxyl groups is 1. The van der Waals surface area contributed by atoms with E-state index in [1.54, 1.807) is 0 Å². The van der Waals surface area contributed by atoms with Gasteiger partial charge < -0.3 is 33.8 Å². The molecular formula is C77H150O17P2. The Bertz CT molecular complexity index is 1840. The van der Waals surface area contributed by atoms with Gasteiger partial charge in [-0.3, -0.25) is 37.3 Å². The Labute approximate surface area is 588 Å². The molecule has 0 aliphatic carbocycles. The lowest BCUT2D eigenvalue weighted by Gasteiger charge is -2.21. The summed E-state index contributed by atoms with van der Waals surface area (Å²) in [7, 11) is -9.91. The number of phosphoric acid groups is 2. The summed E-state index contributed by atoms with van der Waals surface area (Å²) in [5.74, 6) is -1.30. The zero-order valence-electron chi connectivity index (χ0n) is 62.5. The first-order chi connectivity index (χ1) is 46.6. The van der Waals surface area contributed by atoms with Gasteiger partial charge in [0.05, 0.1) is 26.4 Å². The number of hydrogen-bond acceptors (Lipinski definition) is 15. The number of hydrogen-bond donors (Lipinski definition) is 3. The predicted octanol–water partition coefficient (Wildman–Crippen LogP) is 22.9. The summed E-state index contributed by atoms with van der Waals surface area (Å²) in [5, 5.41) is 10.6. The van der Waals surface area contributed by atoms with Crippen molar-refractivity contribution in [3.8, 4) is 0 Å². The standard InChI is InChI=1S/C77H150O17P2/c1-6-10-13-16-19-22-24-26-28-29-30-31-32-33-35-37-43-48-53-58-63-77(82)94-73(67-88-75(80)61-56-51-46-41-39-38-40-44-49-54-59-70(5)9-4)69-92-96(85,86)90-65-71(78)64-89-95(83,84)91-68-72(66-87-74(79)60-55-50-45-21-18-15-12-8-3)93-76(81)62-57-52-47-42-36-34-27-25-23-20-17-14-11-7-2/h70-73,78H,6-69H2,1-5H3,(H,83,84)(H,85,86)/t70?,71-,72+,73+/m0/s1. The van der Waals surface area contributed by atoms with E-state index in [0.29, 0.717) is 25.7 Å². The van der Waals surface area contributed by atoms with Crippen molar-refractivity contribution in [3.63, 3.8) is 0 Å². The minimum atomic E-state index is -4.96. The van der Waals surface area contributed by atoms with Crippen LogP contribution in [0.3, 0.4) is 0 Å². The Morgan fingerprint density at radius 3 is 0.740 bits per heavy atom. The topological polar surface area (TPSA) is 237 Å². The molecule has 0 heterocycles. The highest BCUT2D eigenvalue weighted by molar-refractivity contribution is 7.47. The highest BCUT2D eigenvalue weighted by Crippen LogP contribution is 2.45. The van der Waals surface area contributed by atoms with Crippen LogP contribution < -0.4 is 0 Å². The largest absolute Gasteiger partial charge is 0.472 e. The first kappa shape index (κ1) is 94.1. The maximum Gasteiger partial charge on any atom is 0.472 e. The summed E-state index contributed by atoms with van der Waals surface area (Å²) >= 11 is 0. The number of phosphoric ester groups is 2. The van der Waals surface area contributed by atoms with E-state index in [4.69, 9.17) is 37.0 Å². The molecule has 0 fully saturated rings. The molecule has 3 unspecified atom stereocenters. The number of unbranched alkanes of at least 4 members (excludes halogenated alkanes) is 48. The van der Waals surface area contributed by atoms with Crippen LogP contribution >= 0.6 is 15.6 Å². The molecular weight excluding hydrogens is 1260 g/mol. The number of aliphatic hydroxyl groups excluding tert-OH is 1. The molecule has 0 aromatic carbocycles. The van der Waals surface area contributed by atoms with Crippen molar-refractivity contribution in [3.05, 3.63) is 0 Å². The minimum Gasteiger partial charge on any atom is -0.462 e. The molecule has 570 valence electrons. The molecule has 0 spiro atoms. The van der Waals surface area contributed by atoms with E-state index in [1.165, 1.54) is 225 Å². The van der Waals surface area contributed by atoms with Crippen LogP contribution in [0.4, 0.5) is 0 Å². The van der Waals surface area contributed by atoms with Gasteiger partial charge in [0.15, 0.2) is 12.2 Å². The van der Waals surface area contributed by atoms with Crippen molar-refractivity contribution >= 4 is 39.5 Å². The van der Waals surface area contributed by atoms with E-state index in [2.05, 4.69) is 34.6 Å². The van der Waals surface area contributed by atoms with Crippen LogP contribution in [0.2, 0.25) is 0 Å². The molecule has 0 rings (SSSR count). The number of esters is 4. The zero-order chi connectivity index (χ0) is 70.5. The molecule has 0 aromatic rings. The average Bonchev–Trinajstić information content (AvgIpc) is 3.23. The SMILES string of the molecule is CCCCCCCCCCCCCCCCCCCCCCC(=O)O[C@H](COC(=O)CCCCCCCCCCCCC(C)CC)COP(=O)(O)OC[C@@H](O)COP(=O)(O)OC[C@@H](COC(=O)CCCCCCCCCC)OC(=O)CCCCCCCCCCCCCCCC. The van der Waals surface area contributed by atoms with Crippen LogP contribution in [0.15, 0.2) is 0 Å². The molecule has 0 aliphatic heterocycles. The summed E-state index contributed by atoms with van der Waals surface area (Å²) in [6.07, 6.45) is 59.6. The van der Waals surface area contributed by atoms with Gasteiger partial charge in [0.25, 0.3) is 0 Å². The Morgan fingerprint density at radius 2 is 0.500 bits per heavy atom. The highest BCUT2D eigenvalue weighted by atomic mass is 31.2. The van der Waals surface area contributed by atoms with Crippen molar-refractivity contribution in [2.24, 2.45) is 5.92 Å². The van der Waals surface area contributed by atoms with Crippen molar-refractivity contribution in [2.75, 3.05) is 39.6 Å². The maximum absolute atomic E-state index is 13.1. The van der Waals surface area contributed by atoms with Gasteiger partial charge in [0.2, 0.25) is 0 Å². The van der Waals surface area contributed by atoms with E-state index in [-0.39, 0.29) is 25.7 Å². The molecule has 19 heteroatoms. The van der Waals surface area contributed by atoms with Gasteiger partial charge in [-0.15, -0.1) is 0 Å². The summed E-state index contributed by atoms with van der Waals surface area (Å²) in [4.78, 5) is 72.8. The Hall–Kier alpha value is -1.94. The lowest BCUT2D eigenvalue weighted by atomic mass is 9.99. The van der Waals surface area contributed by atoms with E-state index in [0.717, 1.165) is 102 Å². The average molecular weight is 1410 g/mol. The third-order valence-corrected chi connectivity index (χ3v) is 20.3. The Kier molecular flexibility index (Phi) is 68.7. The number of rotatable bonds is 77. The fourth-order valence-electron chi connectivity index (χ4n) is 11.8. The quantitative estimate of drug-likeness (QED) is 0.0222. The summed E-state index contributed by atoms with van der Waals surface area (Å²) in [6, 6.07) is 0. The lowest BCUT2D eigenvalue weighted by molar-refractivity contribution is -0.161. The van der Waals surface area contributed by atoms with E-state index >= 15 is 0 Å². The van der Waals surface area contributed by atoms with Gasteiger partial charge in [-0.05, 0) is 31.6 Å². The van der Waals surface area contributed by atoms with Gasteiger partial charge in [-0.2, -0.15) is 0 Å². The van der Waals surface area contributed by atoms with Crippen molar-refractivity contribution in [1.82, 2.24) is 0 Å². The second-order valence-corrected chi connectivity index (χ2v) is 30.9. The van der Waals surface area contributed by atoms with Gasteiger partial charge >= 0.3 is 39.5 Å². The van der Waals surface area contributed by atoms with Crippen LogP contribution in [0.25, 0.3) is 0 Å². The van der Waals surface area contributed by atoms with Crippen molar-refractivity contribution in [2.45, 2.75) is 425 Å². The molecule has 0 amide bonds. The first-order valence-electron chi connectivity index (χ1n) is 40.2. The smallest absolute Gasteiger partial charge is 0.462 e. The second kappa shape index (κ2) is 70.1. The van der Waals surface area contributed by atoms with Gasteiger partial charge in [0, 0.05) is 25.7 Å². The third-order valence-electron chi connectivity index (χ3n) is 18.4. The fraction of sp³-hybridized carbons (Fsp3) is 0.948. The second-order valence-electron chi connectivity index (χ2n) is 28.0. The zero-order valence-corrected chi connectivity index (χ0v) is 64.3. The van der Waals surface area contributed by atoms with Crippen LogP contribution in [0.5, 0.6) is 0 Å². The number of ether oxygens (including phenoxy) is 4. The molecule has 0 aromatic heterocycles. The molecule has 0 aliphatic rings. The lowest BCUT2D eigenvalue weighted by Crippen LogP contribution is -2.30. The van der Waals surface area contributed by atoms with Crippen LogP contribution in [0.1, 0.15) is 407 Å². The molecule has 3 N–H and O–H groups in total. The summed E-state index contributed by atoms with van der Waals surface area (Å²) in [6.45, 7) is 7.31. The third kappa shape index (κ3) is 69.2. The number of carbonyl (C=O) groups is 4. The van der Waals surface area contributed by atoms with Crippen LogP contribution in [-0.4, -0.2) is 96.7 Å². The van der Waals surface area contributed by atoms with Crippen molar-refractivity contribution < 1.29 is 80.2 Å². The van der Waals surface area contributed by atoms with Gasteiger partial charge in [-0.25, -0.2) is 9.13 Å². The summed E-state index contributed by atoms with van der Waals surface area (Å²) < 4.78 is 68.5. The molecule has 0 radical (unpaired) electrons.